The van der Waals surface area contributed by atoms with Gasteiger partial charge in [-0.25, -0.2) is 4.98 Å². The van der Waals surface area contributed by atoms with Crippen LogP contribution in [0.25, 0.3) is 11.0 Å². The van der Waals surface area contributed by atoms with Gasteiger partial charge >= 0.3 is 0 Å². The molecule has 2 aromatic heterocycles. The molecule has 10 nitrogen and oxygen atoms in total. The summed E-state index contributed by atoms with van der Waals surface area (Å²) in [6, 6.07) is 6.37. The van der Waals surface area contributed by atoms with Crippen molar-refractivity contribution in [3.63, 3.8) is 0 Å². The second kappa shape index (κ2) is 7.52. The van der Waals surface area contributed by atoms with Gasteiger partial charge in [-0.1, -0.05) is 12.1 Å². The van der Waals surface area contributed by atoms with Gasteiger partial charge in [-0.2, -0.15) is 0 Å². The summed E-state index contributed by atoms with van der Waals surface area (Å²) in [6.45, 7) is 0.0833. The van der Waals surface area contributed by atoms with E-state index in [0.29, 0.717) is 0 Å². The molecule has 0 aliphatic carbocycles. The number of primary amides is 1. The van der Waals surface area contributed by atoms with Gasteiger partial charge in [0.25, 0.3) is 17.4 Å². The molecule has 0 saturated carbocycles. The number of hydrogen-bond acceptors (Lipinski definition) is 5. The van der Waals surface area contributed by atoms with Crippen LogP contribution in [0.2, 0.25) is 0 Å². The van der Waals surface area contributed by atoms with Crippen molar-refractivity contribution in [3.8, 4) is 0 Å². The van der Waals surface area contributed by atoms with Crippen LogP contribution in [0, 0.1) is 0 Å². The Morgan fingerprint density at radius 1 is 1.07 bits per heavy atom. The van der Waals surface area contributed by atoms with E-state index in [1.165, 1.54) is 18.6 Å². The van der Waals surface area contributed by atoms with E-state index >= 15 is 0 Å². The number of rotatable bonds is 6. The second-order valence-electron chi connectivity index (χ2n) is 5.63. The highest BCUT2D eigenvalue weighted by atomic mass is 16.2. The lowest BCUT2D eigenvalue weighted by Gasteiger charge is -2.11. The van der Waals surface area contributed by atoms with E-state index in [4.69, 9.17) is 5.73 Å². The Morgan fingerprint density at radius 3 is 2.63 bits per heavy atom. The van der Waals surface area contributed by atoms with Gasteiger partial charge < -0.3 is 26.3 Å². The minimum Gasteiger partial charge on any atom is -0.370 e. The fraction of sp³-hybridized carbons (Fsp3) is 0.118. The maximum atomic E-state index is 12.6. The first-order valence-corrected chi connectivity index (χ1v) is 7.99. The maximum absolute atomic E-state index is 12.6. The number of carbonyl (C=O) groups is 3. The number of para-hydroxylation sites is 1. The molecule has 27 heavy (non-hydrogen) atoms. The first kappa shape index (κ1) is 17.9. The van der Waals surface area contributed by atoms with E-state index in [0.717, 1.165) is 0 Å². The molecule has 0 aliphatic heterocycles. The van der Waals surface area contributed by atoms with Crippen LogP contribution in [0.4, 0.5) is 5.69 Å². The van der Waals surface area contributed by atoms with E-state index < -0.39 is 23.3 Å². The summed E-state index contributed by atoms with van der Waals surface area (Å²) in [5.41, 5.74) is 5.43. The van der Waals surface area contributed by atoms with Crippen LogP contribution in [0.3, 0.4) is 0 Å². The molecule has 3 aromatic rings. The molecular weight excluding hydrogens is 352 g/mol. The third-order valence-corrected chi connectivity index (χ3v) is 3.80. The van der Waals surface area contributed by atoms with Crippen LogP contribution in [0.1, 0.15) is 27.1 Å². The summed E-state index contributed by atoms with van der Waals surface area (Å²) in [6.07, 6.45) is 2.61. The van der Waals surface area contributed by atoms with E-state index in [9.17, 15) is 19.2 Å². The summed E-state index contributed by atoms with van der Waals surface area (Å²) in [5.74, 6) is -1.57. The molecule has 0 aliphatic rings. The highest BCUT2D eigenvalue weighted by Gasteiger charge is 2.18. The van der Waals surface area contributed by atoms with E-state index in [2.05, 4.69) is 25.6 Å². The van der Waals surface area contributed by atoms with Crippen LogP contribution >= 0.6 is 0 Å². The first-order valence-electron chi connectivity index (χ1n) is 7.99. The number of carbonyl (C=O) groups excluding carboxylic acids is 3. The van der Waals surface area contributed by atoms with Crippen molar-refractivity contribution in [3.05, 3.63) is 58.3 Å². The number of nitrogens with two attached hydrogens (primary N) is 1. The Kier molecular flexibility index (Phi) is 4.97. The van der Waals surface area contributed by atoms with Crippen molar-refractivity contribution in [2.45, 2.75) is 6.42 Å². The van der Waals surface area contributed by atoms with Crippen LogP contribution in [0.15, 0.2) is 41.6 Å². The Hall–Kier alpha value is -3.95. The van der Waals surface area contributed by atoms with Gasteiger partial charge in [-0.3, -0.25) is 19.2 Å². The highest BCUT2D eigenvalue weighted by molar-refractivity contribution is 6.14. The molecule has 3 amide bonds. The summed E-state index contributed by atoms with van der Waals surface area (Å²) in [5, 5.41) is 5.30. The lowest BCUT2D eigenvalue weighted by molar-refractivity contribution is -0.117. The van der Waals surface area contributed by atoms with Crippen LogP contribution in [-0.4, -0.2) is 39.2 Å². The Bertz CT molecular complexity index is 1080. The average Bonchev–Trinajstić information content (AvgIpc) is 3.07. The lowest BCUT2D eigenvalue weighted by Crippen LogP contribution is -2.29. The van der Waals surface area contributed by atoms with Crippen molar-refractivity contribution >= 4 is 34.4 Å². The molecule has 138 valence electrons. The fourth-order valence-electron chi connectivity index (χ4n) is 2.53. The summed E-state index contributed by atoms with van der Waals surface area (Å²) in [7, 11) is 0. The topological polar surface area (TPSA) is 163 Å². The number of nitrogens with one attached hydrogen (secondary N) is 4. The molecule has 6 N–H and O–H groups in total. The molecule has 0 radical (unpaired) electrons. The van der Waals surface area contributed by atoms with Gasteiger partial charge in [0.2, 0.25) is 5.91 Å². The van der Waals surface area contributed by atoms with Crippen molar-refractivity contribution in [2.24, 2.45) is 5.73 Å². The quantitative estimate of drug-likeness (QED) is 0.416. The van der Waals surface area contributed by atoms with Gasteiger partial charge in [0.15, 0.2) is 0 Å². The minimum absolute atomic E-state index is 0.00534. The number of fused-ring (bicyclic) bond motifs is 1. The van der Waals surface area contributed by atoms with Gasteiger partial charge in [0.05, 0.1) is 28.5 Å². The molecular formula is C17H16N6O4. The SMILES string of the molecule is NC(=O)CCNC(=O)c1ccccc1NC(=O)c1c[nH]c2nc[nH]c(=O)c12. The van der Waals surface area contributed by atoms with Crippen LogP contribution in [-0.2, 0) is 4.79 Å². The summed E-state index contributed by atoms with van der Waals surface area (Å²) < 4.78 is 0. The molecule has 1 aromatic carbocycles. The smallest absolute Gasteiger partial charge is 0.261 e. The molecule has 2 heterocycles. The molecule has 0 atom stereocenters. The van der Waals surface area contributed by atoms with E-state index in [-0.39, 0.29) is 40.8 Å². The number of aromatic amines is 2. The summed E-state index contributed by atoms with van der Waals surface area (Å²) >= 11 is 0. The molecule has 3 rings (SSSR count). The summed E-state index contributed by atoms with van der Waals surface area (Å²) in [4.78, 5) is 56.8. The number of H-pyrrole nitrogens is 2. The van der Waals surface area contributed by atoms with Gasteiger partial charge in [0, 0.05) is 19.2 Å². The largest absolute Gasteiger partial charge is 0.370 e. The number of anilines is 1. The van der Waals surface area contributed by atoms with Crippen molar-refractivity contribution in [1.82, 2.24) is 20.3 Å². The number of benzene rings is 1. The zero-order chi connectivity index (χ0) is 19.4. The van der Waals surface area contributed by atoms with Gasteiger partial charge in [0.1, 0.15) is 5.65 Å². The van der Waals surface area contributed by atoms with E-state index in [1.807, 2.05) is 0 Å². The molecule has 0 fully saturated rings. The molecule has 0 unspecified atom stereocenters. The highest BCUT2D eigenvalue weighted by Crippen LogP contribution is 2.18. The Morgan fingerprint density at radius 2 is 1.85 bits per heavy atom. The Labute approximate surface area is 152 Å². The zero-order valence-corrected chi connectivity index (χ0v) is 14.0. The molecule has 0 spiro atoms. The van der Waals surface area contributed by atoms with Crippen molar-refractivity contribution < 1.29 is 14.4 Å². The molecule has 0 bridgehead atoms. The maximum Gasteiger partial charge on any atom is 0.261 e. The first-order chi connectivity index (χ1) is 13.0. The van der Waals surface area contributed by atoms with Crippen LogP contribution in [0.5, 0.6) is 0 Å². The standard InChI is InChI=1S/C17H16N6O4/c18-12(24)5-6-19-15(25)9-3-1-2-4-11(9)23-16(26)10-7-20-14-13(10)17(27)22-8-21-14/h1-4,7-8H,5-6H2,(H2,18,24)(H,19,25)(H,23,26)(H2,20,21,22,27). The number of aromatic nitrogens is 3. The minimum atomic E-state index is -0.572. The lowest BCUT2D eigenvalue weighted by atomic mass is 10.1. The molecule has 0 saturated heterocycles. The fourth-order valence-corrected chi connectivity index (χ4v) is 2.53. The molecule has 10 heteroatoms. The van der Waals surface area contributed by atoms with Crippen LogP contribution < -0.4 is 21.9 Å². The predicted octanol–water partition coefficient (Wildman–Crippen LogP) is 0.109. The van der Waals surface area contributed by atoms with E-state index in [1.54, 1.807) is 18.2 Å². The van der Waals surface area contributed by atoms with Gasteiger partial charge in [-0.15, -0.1) is 0 Å². The van der Waals surface area contributed by atoms with Gasteiger partial charge in [-0.05, 0) is 12.1 Å². The van der Waals surface area contributed by atoms with Crippen molar-refractivity contribution in [2.75, 3.05) is 11.9 Å². The third-order valence-electron chi connectivity index (χ3n) is 3.80. The number of hydrogen-bond donors (Lipinski definition) is 5. The second-order valence-corrected chi connectivity index (χ2v) is 5.63. The normalized spacial score (nSPS) is 10.5. The number of nitrogens with zero attached hydrogens (tertiary/aromatic N) is 1. The number of amides is 3. The monoisotopic (exact) mass is 368 g/mol. The van der Waals surface area contributed by atoms with Crippen molar-refractivity contribution in [1.29, 1.82) is 0 Å². The Balaban J connectivity index is 1.83. The predicted molar refractivity (Wildman–Crippen MR) is 97.3 cm³/mol. The average molecular weight is 368 g/mol. The third kappa shape index (κ3) is 3.84. The zero-order valence-electron chi connectivity index (χ0n) is 14.0.